The average molecular weight is 274 g/mol. The van der Waals surface area contributed by atoms with Crippen molar-refractivity contribution in [2.45, 2.75) is 6.92 Å². The average Bonchev–Trinajstić information content (AvgIpc) is 2.45. The van der Waals surface area contributed by atoms with Crippen molar-refractivity contribution < 1.29 is 14.3 Å². The molecule has 1 N–H and O–H groups in total. The van der Waals surface area contributed by atoms with Gasteiger partial charge >= 0.3 is 0 Å². The van der Waals surface area contributed by atoms with Crippen LogP contribution < -0.4 is 10.1 Å². The molecule has 1 aromatic rings. The molecular formula is C15H18N2O3. The van der Waals surface area contributed by atoms with Crippen LogP contribution in [0.5, 0.6) is 5.75 Å². The number of nitriles is 1. The summed E-state index contributed by atoms with van der Waals surface area (Å²) in [5.74, 6) is 0.296. The normalized spacial score (nSPS) is 10.8. The molecule has 0 radical (unpaired) electrons. The number of nitrogens with zero attached hydrogens (tertiary/aromatic N) is 1. The molecule has 1 amide bonds. The third kappa shape index (κ3) is 5.12. The van der Waals surface area contributed by atoms with E-state index in [0.717, 1.165) is 5.56 Å². The van der Waals surface area contributed by atoms with E-state index in [-0.39, 0.29) is 5.57 Å². The van der Waals surface area contributed by atoms with E-state index >= 15 is 0 Å². The van der Waals surface area contributed by atoms with Crippen molar-refractivity contribution in [3.8, 4) is 11.8 Å². The van der Waals surface area contributed by atoms with Crippen LogP contribution in [0.25, 0.3) is 6.08 Å². The van der Waals surface area contributed by atoms with Gasteiger partial charge in [0.25, 0.3) is 5.91 Å². The lowest BCUT2D eigenvalue weighted by Crippen LogP contribution is -2.27. The number of rotatable bonds is 7. The van der Waals surface area contributed by atoms with Gasteiger partial charge in [-0.3, -0.25) is 4.79 Å². The Bertz CT molecular complexity index is 518. The molecule has 0 saturated heterocycles. The van der Waals surface area contributed by atoms with Crippen molar-refractivity contribution in [2.24, 2.45) is 0 Å². The summed E-state index contributed by atoms with van der Waals surface area (Å²) in [6.07, 6.45) is 1.53. The van der Waals surface area contributed by atoms with Crippen molar-refractivity contribution in [2.75, 3.05) is 26.9 Å². The summed E-state index contributed by atoms with van der Waals surface area (Å²) < 4.78 is 10.2. The Kier molecular flexibility index (Phi) is 6.87. The molecule has 5 nitrogen and oxygen atoms in total. The third-order valence-corrected chi connectivity index (χ3v) is 2.44. The van der Waals surface area contributed by atoms with Crippen molar-refractivity contribution in [3.63, 3.8) is 0 Å². The van der Waals surface area contributed by atoms with E-state index < -0.39 is 5.91 Å². The molecule has 20 heavy (non-hydrogen) atoms. The minimum Gasteiger partial charge on any atom is -0.494 e. The highest BCUT2D eigenvalue weighted by molar-refractivity contribution is 6.01. The number of ether oxygens (including phenoxy) is 2. The summed E-state index contributed by atoms with van der Waals surface area (Å²) in [6.45, 7) is 3.24. The van der Waals surface area contributed by atoms with Crippen molar-refractivity contribution in [1.82, 2.24) is 5.32 Å². The second-order valence-electron chi connectivity index (χ2n) is 3.92. The number of methoxy groups -OCH3 is 1. The Labute approximate surface area is 118 Å². The van der Waals surface area contributed by atoms with E-state index in [4.69, 9.17) is 14.7 Å². The molecule has 0 aliphatic carbocycles. The van der Waals surface area contributed by atoms with Crippen LogP contribution in [0.15, 0.2) is 29.8 Å². The first-order valence-corrected chi connectivity index (χ1v) is 6.33. The molecule has 1 aromatic carbocycles. The van der Waals surface area contributed by atoms with E-state index in [2.05, 4.69) is 5.32 Å². The fourth-order valence-corrected chi connectivity index (χ4v) is 1.54. The molecule has 0 aliphatic heterocycles. The lowest BCUT2D eigenvalue weighted by Gasteiger charge is -2.05. The van der Waals surface area contributed by atoms with Gasteiger partial charge in [-0.2, -0.15) is 5.26 Å². The molecule has 0 bridgehead atoms. The van der Waals surface area contributed by atoms with Crippen molar-refractivity contribution in [1.29, 1.82) is 5.26 Å². The first-order chi connectivity index (χ1) is 9.71. The summed E-state index contributed by atoms with van der Waals surface area (Å²) in [7, 11) is 1.55. The van der Waals surface area contributed by atoms with Gasteiger partial charge in [-0.1, -0.05) is 12.1 Å². The van der Waals surface area contributed by atoms with E-state index in [1.54, 1.807) is 13.2 Å². The van der Waals surface area contributed by atoms with Crippen LogP contribution >= 0.6 is 0 Å². The molecular weight excluding hydrogens is 256 g/mol. The summed E-state index contributed by atoms with van der Waals surface area (Å²) in [4.78, 5) is 11.8. The fraction of sp³-hybridized carbons (Fsp3) is 0.333. The molecule has 0 heterocycles. The van der Waals surface area contributed by atoms with Crippen LogP contribution in [0.3, 0.4) is 0 Å². The summed E-state index contributed by atoms with van der Waals surface area (Å²) in [5.41, 5.74) is 0.796. The molecule has 0 spiro atoms. The highest BCUT2D eigenvalue weighted by Crippen LogP contribution is 2.15. The maximum absolute atomic E-state index is 11.8. The van der Waals surface area contributed by atoms with E-state index in [9.17, 15) is 4.79 Å². The van der Waals surface area contributed by atoms with Gasteiger partial charge < -0.3 is 14.8 Å². The SMILES string of the molecule is CCOc1cccc(/C=C(\C#N)C(=O)NCCOC)c1. The quantitative estimate of drug-likeness (QED) is 0.467. The first kappa shape index (κ1) is 15.7. The maximum Gasteiger partial charge on any atom is 0.262 e. The monoisotopic (exact) mass is 274 g/mol. The first-order valence-electron chi connectivity index (χ1n) is 6.33. The second kappa shape index (κ2) is 8.73. The number of amides is 1. The molecule has 0 atom stereocenters. The number of hydrogen-bond acceptors (Lipinski definition) is 4. The van der Waals surface area contributed by atoms with Gasteiger partial charge in [-0.15, -0.1) is 0 Å². The predicted molar refractivity (Wildman–Crippen MR) is 76.1 cm³/mol. The van der Waals surface area contributed by atoms with E-state index in [1.165, 1.54) is 6.08 Å². The second-order valence-corrected chi connectivity index (χ2v) is 3.92. The molecule has 1 rings (SSSR count). The molecule has 0 aromatic heterocycles. The number of benzene rings is 1. The van der Waals surface area contributed by atoms with E-state index in [1.807, 2.05) is 31.2 Å². The molecule has 0 fully saturated rings. The highest BCUT2D eigenvalue weighted by Gasteiger charge is 2.08. The molecule has 0 aliphatic rings. The van der Waals surface area contributed by atoms with Crippen LogP contribution in [0.2, 0.25) is 0 Å². The fourth-order valence-electron chi connectivity index (χ4n) is 1.54. The molecule has 0 unspecified atom stereocenters. The molecule has 106 valence electrons. The number of carbonyl (C=O) groups excluding carboxylic acids is 1. The van der Waals surface area contributed by atoms with Gasteiger partial charge in [-0.05, 0) is 30.7 Å². The van der Waals surface area contributed by atoms with Crippen LogP contribution in [-0.4, -0.2) is 32.8 Å². The van der Waals surface area contributed by atoms with Crippen LogP contribution in [-0.2, 0) is 9.53 Å². The Morgan fingerprint density at radius 1 is 1.50 bits per heavy atom. The summed E-state index contributed by atoms with van der Waals surface area (Å²) >= 11 is 0. The minimum absolute atomic E-state index is 0.0507. The Morgan fingerprint density at radius 3 is 2.95 bits per heavy atom. The van der Waals surface area contributed by atoms with Gasteiger partial charge in [0.2, 0.25) is 0 Å². The molecule has 5 heteroatoms. The van der Waals surface area contributed by atoms with Crippen LogP contribution in [0.1, 0.15) is 12.5 Å². The summed E-state index contributed by atoms with van der Waals surface area (Å²) in [5, 5.41) is 11.7. The zero-order valence-electron chi connectivity index (χ0n) is 11.7. The van der Waals surface area contributed by atoms with Gasteiger partial charge in [0, 0.05) is 13.7 Å². The van der Waals surface area contributed by atoms with Crippen LogP contribution in [0.4, 0.5) is 0 Å². The lowest BCUT2D eigenvalue weighted by atomic mass is 10.1. The minimum atomic E-state index is -0.411. The maximum atomic E-state index is 11.8. The van der Waals surface area contributed by atoms with Gasteiger partial charge in [0.1, 0.15) is 17.4 Å². The standard InChI is InChI=1S/C15H18N2O3/c1-3-20-14-6-4-5-12(10-14)9-13(11-16)15(18)17-7-8-19-2/h4-6,9-10H,3,7-8H2,1-2H3,(H,17,18)/b13-9+. The number of carbonyl (C=O) groups is 1. The smallest absolute Gasteiger partial charge is 0.262 e. The predicted octanol–water partition coefficient (Wildman–Crippen LogP) is 1.75. The Hall–Kier alpha value is -2.32. The van der Waals surface area contributed by atoms with Gasteiger partial charge in [0.05, 0.1) is 13.2 Å². The van der Waals surface area contributed by atoms with E-state index in [0.29, 0.717) is 25.5 Å². The molecule has 0 saturated carbocycles. The van der Waals surface area contributed by atoms with Crippen LogP contribution in [0, 0.1) is 11.3 Å². The highest BCUT2D eigenvalue weighted by atomic mass is 16.5. The van der Waals surface area contributed by atoms with Crippen molar-refractivity contribution >= 4 is 12.0 Å². The Balaban J connectivity index is 2.80. The largest absolute Gasteiger partial charge is 0.494 e. The zero-order chi connectivity index (χ0) is 14.8. The topological polar surface area (TPSA) is 71.3 Å². The van der Waals surface area contributed by atoms with Gasteiger partial charge in [0.15, 0.2) is 0 Å². The van der Waals surface area contributed by atoms with Gasteiger partial charge in [-0.25, -0.2) is 0 Å². The third-order valence-electron chi connectivity index (χ3n) is 2.44. The van der Waals surface area contributed by atoms with Crippen molar-refractivity contribution in [3.05, 3.63) is 35.4 Å². The zero-order valence-corrected chi connectivity index (χ0v) is 11.7. The summed E-state index contributed by atoms with van der Waals surface area (Å²) in [6, 6.07) is 9.12. The number of nitrogens with one attached hydrogen (secondary N) is 1. The Morgan fingerprint density at radius 2 is 2.30 bits per heavy atom. The lowest BCUT2D eigenvalue weighted by molar-refractivity contribution is -0.117. The number of hydrogen-bond donors (Lipinski definition) is 1.